The van der Waals surface area contributed by atoms with Gasteiger partial charge in [-0.3, -0.25) is 14.2 Å². The van der Waals surface area contributed by atoms with Gasteiger partial charge in [-0.15, -0.1) is 11.3 Å². The van der Waals surface area contributed by atoms with Crippen LogP contribution in [0.1, 0.15) is 29.7 Å². The molecule has 1 aliphatic carbocycles. The number of nitrogens with zero attached hydrogens (tertiary/aromatic N) is 3. The van der Waals surface area contributed by atoms with Crippen LogP contribution in [0.4, 0.5) is 0 Å². The SMILES string of the molecule is Cc1sc2ncn(CC(=O)N(C3CC3)[C@@H]3CCS(=O)(=O)C3)c(=O)c2c1C. The van der Waals surface area contributed by atoms with Gasteiger partial charge in [-0.1, -0.05) is 0 Å². The lowest BCUT2D eigenvalue weighted by molar-refractivity contribution is -0.134. The topological polar surface area (TPSA) is 89.3 Å². The maximum absolute atomic E-state index is 12.9. The summed E-state index contributed by atoms with van der Waals surface area (Å²) in [6, 6.07) is -0.157. The first-order valence-electron chi connectivity index (χ1n) is 8.73. The average molecular weight is 396 g/mol. The van der Waals surface area contributed by atoms with E-state index in [0.717, 1.165) is 23.3 Å². The van der Waals surface area contributed by atoms with Crippen LogP contribution in [0.15, 0.2) is 11.1 Å². The Labute approximate surface area is 155 Å². The molecular weight excluding hydrogens is 374 g/mol. The number of carbonyl (C=O) groups excluding carboxylic acids is 1. The Morgan fingerprint density at radius 3 is 2.65 bits per heavy atom. The van der Waals surface area contributed by atoms with Crippen molar-refractivity contribution in [1.82, 2.24) is 14.5 Å². The number of carbonyl (C=O) groups is 1. The molecule has 0 N–H and O–H groups in total. The molecule has 140 valence electrons. The summed E-state index contributed by atoms with van der Waals surface area (Å²) in [6.07, 6.45) is 3.71. The molecule has 1 atom stereocenters. The first-order valence-corrected chi connectivity index (χ1v) is 11.4. The fourth-order valence-corrected chi connectivity index (χ4v) is 6.36. The van der Waals surface area contributed by atoms with Gasteiger partial charge in [0.05, 0.1) is 23.2 Å². The predicted octanol–water partition coefficient (Wildman–Crippen LogP) is 1.25. The van der Waals surface area contributed by atoms with Gasteiger partial charge in [-0.25, -0.2) is 13.4 Å². The van der Waals surface area contributed by atoms with Gasteiger partial charge >= 0.3 is 0 Å². The van der Waals surface area contributed by atoms with Gasteiger partial charge in [-0.05, 0) is 38.7 Å². The molecule has 0 spiro atoms. The van der Waals surface area contributed by atoms with E-state index in [0.29, 0.717) is 16.6 Å². The van der Waals surface area contributed by atoms with Crippen molar-refractivity contribution in [3.05, 3.63) is 27.1 Å². The van der Waals surface area contributed by atoms with Gasteiger partial charge in [0, 0.05) is 17.0 Å². The summed E-state index contributed by atoms with van der Waals surface area (Å²) < 4.78 is 25.0. The predicted molar refractivity (Wildman–Crippen MR) is 100 cm³/mol. The molecule has 2 aromatic rings. The van der Waals surface area contributed by atoms with Crippen molar-refractivity contribution in [2.45, 2.75) is 51.7 Å². The number of rotatable bonds is 4. The highest BCUT2D eigenvalue weighted by molar-refractivity contribution is 7.91. The van der Waals surface area contributed by atoms with Crippen molar-refractivity contribution in [2.75, 3.05) is 11.5 Å². The highest BCUT2D eigenvalue weighted by Gasteiger charge is 2.42. The lowest BCUT2D eigenvalue weighted by Crippen LogP contribution is -2.45. The standard InChI is InChI=1S/C17H21N3O4S2/c1-10-11(2)25-16-15(10)17(22)19(9-18-16)7-14(21)20(12-3-4-12)13-5-6-26(23,24)8-13/h9,12-13H,3-8H2,1-2H3/t13-/m1/s1. The highest BCUT2D eigenvalue weighted by Crippen LogP contribution is 2.32. The van der Waals surface area contributed by atoms with E-state index in [9.17, 15) is 18.0 Å². The molecule has 1 amide bonds. The normalized spacial score (nSPS) is 22.0. The third-order valence-electron chi connectivity index (χ3n) is 5.29. The Kier molecular flexibility index (Phi) is 4.18. The van der Waals surface area contributed by atoms with Crippen LogP contribution in [0.5, 0.6) is 0 Å². The third-order valence-corrected chi connectivity index (χ3v) is 8.16. The number of sulfone groups is 1. The minimum absolute atomic E-state index is 0.0320. The molecule has 1 aliphatic heterocycles. The van der Waals surface area contributed by atoms with E-state index in [2.05, 4.69) is 4.98 Å². The molecule has 2 fully saturated rings. The largest absolute Gasteiger partial charge is 0.334 e. The van der Waals surface area contributed by atoms with E-state index in [-0.39, 0.29) is 41.6 Å². The quantitative estimate of drug-likeness (QED) is 0.777. The van der Waals surface area contributed by atoms with Crippen molar-refractivity contribution in [1.29, 1.82) is 0 Å². The van der Waals surface area contributed by atoms with Crippen molar-refractivity contribution >= 4 is 37.3 Å². The highest BCUT2D eigenvalue weighted by atomic mass is 32.2. The Hall–Kier alpha value is -1.74. The van der Waals surface area contributed by atoms with E-state index in [1.54, 1.807) is 4.90 Å². The van der Waals surface area contributed by atoms with Crippen LogP contribution >= 0.6 is 11.3 Å². The van der Waals surface area contributed by atoms with Crippen LogP contribution in [-0.2, 0) is 21.2 Å². The van der Waals surface area contributed by atoms with Gasteiger partial charge in [0.2, 0.25) is 5.91 Å². The van der Waals surface area contributed by atoms with E-state index in [4.69, 9.17) is 0 Å². The molecule has 9 heteroatoms. The Morgan fingerprint density at radius 1 is 1.31 bits per heavy atom. The van der Waals surface area contributed by atoms with Gasteiger partial charge in [-0.2, -0.15) is 0 Å². The monoisotopic (exact) mass is 395 g/mol. The van der Waals surface area contributed by atoms with E-state index in [1.165, 1.54) is 22.2 Å². The summed E-state index contributed by atoms with van der Waals surface area (Å²) in [5, 5.41) is 0.573. The van der Waals surface area contributed by atoms with Crippen LogP contribution in [0, 0.1) is 13.8 Å². The van der Waals surface area contributed by atoms with E-state index < -0.39 is 9.84 Å². The van der Waals surface area contributed by atoms with Crippen molar-refractivity contribution in [3.8, 4) is 0 Å². The first kappa shape index (κ1) is 17.7. The second-order valence-corrected chi connectivity index (χ2v) is 10.7. The molecule has 0 bridgehead atoms. The van der Waals surface area contributed by atoms with E-state index >= 15 is 0 Å². The average Bonchev–Trinajstić information content (AvgIpc) is 3.26. The Bertz CT molecular complexity index is 1050. The lowest BCUT2D eigenvalue weighted by Gasteiger charge is -2.28. The fraction of sp³-hybridized carbons (Fsp3) is 0.588. The molecule has 1 saturated heterocycles. The van der Waals surface area contributed by atoms with Crippen molar-refractivity contribution < 1.29 is 13.2 Å². The van der Waals surface area contributed by atoms with Gasteiger partial charge in [0.15, 0.2) is 9.84 Å². The molecule has 0 radical (unpaired) electrons. The van der Waals surface area contributed by atoms with Crippen LogP contribution in [0.3, 0.4) is 0 Å². The number of hydrogen-bond acceptors (Lipinski definition) is 6. The zero-order valence-corrected chi connectivity index (χ0v) is 16.4. The van der Waals surface area contributed by atoms with Crippen molar-refractivity contribution in [2.24, 2.45) is 0 Å². The Balaban J connectivity index is 1.63. The second kappa shape index (κ2) is 6.16. The molecular formula is C17H21N3O4S2. The second-order valence-electron chi connectivity index (χ2n) is 7.23. The molecule has 4 rings (SSSR count). The summed E-state index contributed by atoms with van der Waals surface area (Å²) in [5.74, 6) is -0.0262. The molecule has 26 heavy (non-hydrogen) atoms. The van der Waals surface area contributed by atoms with Crippen LogP contribution in [0.2, 0.25) is 0 Å². The lowest BCUT2D eigenvalue weighted by atomic mass is 10.2. The van der Waals surface area contributed by atoms with E-state index in [1.807, 2.05) is 13.8 Å². The number of hydrogen-bond donors (Lipinski definition) is 0. The minimum Gasteiger partial charge on any atom is -0.334 e. The first-order chi connectivity index (χ1) is 12.3. The number of aryl methyl sites for hydroxylation is 2. The molecule has 0 aromatic carbocycles. The molecule has 2 aliphatic rings. The van der Waals surface area contributed by atoms with Crippen LogP contribution in [-0.4, -0.2) is 52.4 Å². The number of fused-ring (bicyclic) bond motifs is 1. The van der Waals surface area contributed by atoms with Gasteiger partial charge in [0.1, 0.15) is 11.4 Å². The van der Waals surface area contributed by atoms with Crippen LogP contribution in [0.25, 0.3) is 10.2 Å². The van der Waals surface area contributed by atoms with Crippen molar-refractivity contribution in [3.63, 3.8) is 0 Å². The van der Waals surface area contributed by atoms with Gasteiger partial charge < -0.3 is 4.90 Å². The summed E-state index contributed by atoms with van der Waals surface area (Å²) in [7, 11) is -3.07. The summed E-state index contributed by atoms with van der Waals surface area (Å²) in [4.78, 5) is 33.5. The third kappa shape index (κ3) is 3.07. The molecule has 1 saturated carbocycles. The molecule has 2 aromatic heterocycles. The fourth-order valence-electron chi connectivity index (χ4n) is 3.66. The Morgan fingerprint density at radius 2 is 2.04 bits per heavy atom. The number of amides is 1. The minimum atomic E-state index is -3.07. The number of thiophene rings is 1. The summed E-state index contributed by atoms with van der Waals surface area (Å²) >= 11 is 1.48. The summed E-state index contributed by atoms with van der Waals surface area (Å²) in [5.41, 5.74) is 0.699. The zero-order valence-electron chi connectivity index (χ0n) is 14.8. The van der Waals surface area contributed by atoms with Crippen LogP contribution < -0.4 is 5.56 Å². The maximum atomic E-state index is 12.9. The molecule has 0 unspecified atom stereocenters. The smallest absolute Gasteiger partial charge is 0.262 e. The molecule has 7 nitrogen and oxygen atoms in total. The van der Waals surface area contributed by atoms with Gasteiger partial charge in [0.25, 0.3) is 5.56 Å². The summed E-state index contributed by atoms with van der Waals surface area (Å²) in [6.45, 7) is 3.75. The molecule has 3 heterocycles. The number of aromatic nitrogens is 2. The maximum Gasteiger partial charge on any atom is 0.262 e. The zero-order chi connectivity index (χ0) is 18.6.